The molecular weight excluding hydrogens is 439 g/mol. The largest absolute Gasteiger partial charge is 0.416 e. The fourth-order valence-corrected chi connectivity index (χ4v) is 4.77. The van der Waals surface area contributed by atoms with Crippen LogP contribution in [0.25, 0.3) is 0 Å². The molecule has 0 amide bonds. The van der Waals surface area contributed by atoms with Gasteiger partial charge in [0.25, 0.3) is 5.69 Å². The van der Waals surface area contributed by atoms with Gasteiger partial charge >= 0.3 is 6.18 Å². The number of nitrogens with one attached hydrogen (secondary N) is 1. The van der Waals surface area contributed by atoms with E-state index in [-0.39, 0.29) is 42.4 Å². The number of alkyl halides is 3. The van der Waals surface area contributed by atoms with Gasteiger partial charge in [0, 0.05) is 31.3 Å². The van der Waals surface area contributed by atoms with Crippen molar-refractivity contribution in [3.05, 3.63) is 63.7 Å². The number of benzene rings is 2. The maximum absolute atomic E-state index is 13.1. The molecular formula is C19H20F3N3O5S. The van der Waals surface area contributed by atoms with Gasteiger partial charge in [0.15, 0.2) is 0 Å². The van der Waals surface area contributed by atoms with Crippen LogP contribution in [0.3, 0.4) is 0 Å². The highest BCUT2D eigenvalue weighted by molar-refractivity contribution is 7.89. The lowest BCUT2D eigenvalue weighted by Crippen LogP contribution is -2.40. The lowest BCUT2D eigenvalue weighted by atomic mass is 10.0. The number of morpholine rings is 1. The number of nitrogens with zero attached hydrogens (tertiary/aromatic N) is 2. The van der Waals surface area contributed by atoms with Gasteiger partial charge in [-0.3, -0.25) is 10.1 Å². The van der Waals surface area contributed by atoms with Crippen LogP contribution in [-0.4, -0.2) is 43.9 Å². The molecule has 0 aromatic heterocycles. The molecule has 0 spiro atoms. The van der Waals surface area contributed by atoms with Crippen molar-refractivity contribution in [1.82, 2.24) is 4.31 Å². The molecule has 0 bridgehead atoms. The monoisotopic (exact) mass is 459 g/mol. The molecule has 12 heteroatoms. The van der Waals surface area contributed by atoms with Gasteiger partial charge in [-0.15, -0.1) is 0 Å². The molecule has 8 nitrogen and oxygen atoms in total. The van der Waals surface area contributed by atoms with Crippen molar-refractivity contribution in [3.63, 3.8) is 0 Å². The minimum Gasteiger partial charge on any atom is -0.379 e. The van der Waals surface area contributed by atoms with Crippen LogP contribution < -0.4 is 5.32 Å². The third kappa shape index (κ3) is 5.14. The first-order valence-corrected chi connectivity index (χ1v) is 10.7. The van der Waals surface area contributed by atoms with Gasteiger partial charge in [0.1, 0.15) is 4.90 Å². The lowest BCUT2D eigenvalue weighted by Gasteiger charge is -2.27. The van der Waals surface area contributed by atoms with Gasteiger partial charge < -0.3 is 10.1 Å². The lowest BCUT2D eigenvalue weighted by molar-refractivity contribution is -0.385. The Kier molecular flexibility index (Phi) is 6.53. The normalized spacial score (nSPS) is 16.6. The molecule has 0 saturated carbocycles. The highest BCUT2D eigenvalue weighted by atomic mass is 32.2. The molecule has 31 heavy (non-hydrogen) atoms. The Balaban J connectivity index is 1.98. The van der Waals surface area contributed by atoms with Crippen LogP contribution in [0, 0.1) is 10.1 Å². The Bertz CT molecular complexity index is 1070. The summed E-state index contributed by atoms with van der Waals surface area (Å²) in [6.07, 6.45) is -4.52. The number of hydrogen-bond acceptors (Lipinski definition) is 6. The minimum atomic E-state index is -4.52. The van der Waals surface area contributed by atoms with E-state index in [9.17, 15) is 31.7 Å². The second kappa shape index (κ2) is 8.81. The van der Waals surface area contributed by atoms with Crippen molar-refractivity contribution >= 4 is 21.4 Å². The van der Waals surface area contributed by atoms with Gasteiger partial charge in [-0.2, -0.15) is 17.5 Å². The maximum atomic E-state index is 13.1. The van der Waals surface area contributed by atoms with E-state index in [0.717, 1.165) is 28.6 Å². The first-order valence-electron chi connectivity index (χ1n) is 9.30. The van der Waals surface area contributed by atoms with Gasteiger partial charge in [-0.25, -0.2) is 8.42 Å². The second-order valence-electron chi connectivity index (χ2n) is 6.94. The molecule has 1 saturated heterocycles. The molecule has 1 atom stereocenters. The molecule has 2 aromatic carbocycles. The van der Waals surface area contributed by atoms with E-state index < -0.39 is 38.4 Å². The summed E-state index contributed by atoms with van der Waals surface area (Å²) in [4.78, 5) is 10.2. The predicted molar refractivity (Wildman–Crippen MR) is 106 cm³/mol. The molecule has 1 aliphatic heterocycles. The Morgan fingerprint density at radius 1 is 1.16 bits per heavy atom. The van der Waals surface area contributed by atoms with Crippen molar-refractivity contribution in [2.45, 2.75) is 24.0 Å². The summed E-state index contributed by atoms with van der Waals surface area (Å²) in [7, 11) is -4.10. The number of rotatable bonds is 6. The van der Waals surface area contributed by atoms with Gasteiger partial charge in [-0.1, -0.05) is 12.1 Å². The van der Waals surface area contributed by atoms with Gasteiger partial charge in [0.05, 0.1) is 29.4 Å². The number of anilines is 1. The summed E-state index contributed by atoms with van der Waals surface area (Å²) in [5, 5.41) is 14.1. The average molecular weight is 459 g/mol. The van der Waals surface area contributed by atoms with Crippen molar-refractivity contribution in [3.8, 4) is 0 Å². The van der Waals surface area contributed by atoms with E-state index in [1.165, 1.54) is 18.2 Å². The van der Waals surface area contributed by atoms with E-state index in [2.05, 4.69) is 5.32 Å². The smallest absolute Gasteiger partial charge is 0.379 e. The number of nitro benzene ring substituents is 1. The SMILES string of the molecule is CC(Nc1ccc([N+](=O)[O-])cc1S(=O)(=O)N1CCOCC1)c1cccc(C(F)(F)F)c1. The molecule has 1 unspecified atom stereocenters. The summed E-state index contributed by atoms with van der Waals surface area (Å²) in [6.45, 7) is 2.14. The summed E-state index contributed by atoms with van der Waals surface area (Å²) in [5.74, 6) is 0. The summed E-state index contributed by atoms with van der Waals surface area (Å²) in [6, 6.07) is 7.28. The molecule has 0 radical (unpaired) electrons. The first kappa shape index (κ1) is 23.0. The summed E-state index contributed by atoms with van der Waals surface area (Å²) in [5.41, 5.74) is -0.905. The molecule has 3 rings (SSSR count). The van der Waals surface area contributed by atoms with Crippen LogP contribution in [0.2, 0.25) is 0 Å². The van der Waals surface area contributed by atoms with E-state index >= 15 is 0 Å². The molecule has 0 aliphatic carbocycles. The zero-order valence-electron chi connectivity index (χ0n) is 16.4. The summed E-state index contributed by atoms with van der Waals surface area (Å²) < 4.78 is 71.7. The number of ether oxygens (including phenoxy) is 1. The number of non-ortho nitro benzene ring substituents is 1. The van der Waals surface area contributed by atoms with E-state index in [0.29, 0.717) is 0 Å². The van der Waals surface area contributed by atoms with Gasteiger partial charge in [-0.05, 0) is 30.7 Å². The summed E-state index contributed by atoms with van der Waals surface area (Å²) >= 11 is 0. The van der Waals surface area contributed by atoms with E-state index in [4.69, 9.17) is 4.74 Å². The molecule has 1 aliphatic rings. The highest BCUT2D eigenvalue weighted by Crippen LogP contribution is 2.34. The molecule has 168 valence electrons. The zero-order chi connectivity index (χ0) is 22.8. The Morgan fingerprint density at radius 3 is 2.45 bits per heavy atom. The van der Waals surface area contributed by atoms with Crippen molar-refractivity contribution < 1.29 is 31.2 Å². The van der Waals surface area contributed by atoms with Crippen LogP contribution in [0.5, 0.6) is 0 Å². The molecule has 1 N–H and O–H groups in total. The quantitative estimate of drug-likeness (QED) is 0.521. The standard InChI is InChI=1S/C19H20F3N3O5S/c1-13(14-3-2-4-15(11-14)19(20,21)22)23-17-6-5-16(25(26)27)12-18(17)31(28,29)24-7-9-30-10-8-24/h2-6,11-13,23H,7-10H2,1H3. The zero-order valence-corrected chi connectivity index (χ0v) is 17.2. The van der Waals surface area contributed by atoms with Crippen molar-refractivity contribution in [2.75, 3.05) is 31.6 Å². The average Bonchev–Trinajstić information content (AvgIpc) is 2.74. The fourth-order valence-electron chi connectivity index (χ4n) is 3.18. The maximum Gasteiger partial charge on any atom is 0.416 e. The Labute approximate surface area is 176 Å². The molecule has 1 fully saturated rings. The number of nitro groups is 1. The van der Waals surface area contributed by atoms with Crippen LogP contribution in [0.4, 0.5) is 24.5 Å². The fraction of sp³-hybridized carbons (Fsp3) is 0.368. The second-order valence-corrected chi connectivity index (χ2v) is 8.85. The Morgan fingerprint density at radius 2 is 1.84 bits per heavy atom. The Hall–Kier alpha value is -2.70. The third-order valence-electron chi connectivity index (χ3n) is 4.85. The predicted octanol–water partition coefficient (Wildman–Crippen LogP) is 3.81. The van der Waals surface area contributed by atoms with Crippen molar-refractivity contribution in [2.24, 2.45) is 0 Å². The number of sulfonamides is 1. The number of halogens is 3. The van der Waals surface area contributed by atoms with E-state index in [1.807, 2.05) is 0 Å². The minimum absolute atomic E-state index is 0.0574. The van der Waals surface area contributed by atoms with E-state index in [1.54, 1.807) is 6.92 Å². The van der Waals surface area contributed by atoms with Crippen LogP contribution in [0.15, 0.2) is 47.4 Å². The first-order chi connectivity index (χ1) is 14.5. The van der Waals surface area contributed by atoms with Gasteiger partial charge in [0.2, 0.25) is 10.0 Å². The van der Waals surface area contributed by atoms with Crippen molar-refractivity contribution in [1.29, 1.82) is 0 Å². The topological polar surface area (TPSA) is 102 Å². The van der Waals surface area contributed by atoms with Crippen LogP contribution >= 0.6 is 0 Å². The van der Waals surface area contributed by atoms with Crippen LogP contribution in [0.1, 0.15) is 24.1 Å². The highest BCUT2D eigenvalue weighted by Gasteiger charge is 2.32. The third-order valence-corrected chi connectivity index (χ3v) is 6.79. The molecule has 2 aromatic rings. The number of hydrogen-bond donors (Lipinski definition) is 1. The molecule has 1 heterocycles. The van der Waals surface area contributed by atoms with Crippen LogP contribution in [-0.2, 0) is 20.9 Å².